The van der Waals surface area contributed by atoms with E-state index in [4.69, 9.17) is 9.47 Å². The quantitative estimate of drug-likeness (QED) is 0.0754. The van der Waals surface area contributed by atoms with E-state index in [1.54, 1.807) is 133 Å². The second-order valence-corrected chi connectivity index (χ2v) is 34.7. The number of hydrogen-bond donors (Lipinski definition) is 2. The van der Waals surface area contributed by atoms with Crippen molar-refractivity contribution >= 4 is 31.9 Å². The van der Waals surface area contributed by atoms with E-state index in [1.165, 1.54) is 127 Å². The summed E-state index contributed by atoms with van der Waals surface area (Å²) in [7, 11) is 0. The lowest BCUT2D eigenvalue weighted by Crippen LogP contribution is -2.33. The Balaban J connectivity index is 0.000000119. The molecule has 140 heavy (non-hydrogen) atoms. The lowest BCUT2D eigenvalue weighted by molar-refractivity contribution is 0.284. The van der Waals surface area contributed by atoms with Crippen molar-refractivity contribution in [3.05, 3.63) is 468 Å². The summed E-state index contributed by atoms with van der Waals surface area (Å²) in [6.07, 6.45) is 10.6. The highest BCUT2D eigenvalue weighted by molar-refractivity contribution is 9.10. The van der Waals surface area contributed by atoms with E-state index < -0.39 is 69.4 Å². The Bertz CT molecular complexity index is 7840. The number of rotatable bonds is 18. The molecule has 0 fully saturated rings. The van der Waals surface area contributed by atoms with Crippen LogP contribution in [0.25, 0.3) is 46.1 Å². The van der Waals surface area contributed by atoms with Crippen molar-refractivity contribution < 1.29 is 54.8 Å². The van der Waals surface area contributed by atoms with E-state index in [1.807, 2.05) is 69.8 Å². The zero-order valence-electron chi connectivity index (χ0n) is 72.9. The van der Waals surface area contributed by atoms with Crippen LogP contribution in [0.1, 0.15) is 115 Å². The zero-order valence-corrected chi connectivity index (χ0v) is 76.1. The summed E-state index contributed by atoms with van der Waals surface area (Å²) in [5, 5.41) is 58.1. The molecule has 18 aromatic rings. The summed E-state index contributed by atoms with van der Waals surface area (Å²) >= 11 is 7.05. The van der Waals surface area contributed by atoms with E-state index >= 15 is 0 Å². The van der Waals surface area contributed by atoms with E-state index in [2.05, 4.69) is 84.3 Å². The number of halogens is 10. The highest BCUT2D eigenvalue weighted by Gasteiger charge is 2.43. The Morgan fingerprint density at radius 3 is 0.793 bits per heavy atom. The molecule has 0 bridgehead atoms. The van der Waals surface area contributed by atoms with Gasteiger partial charge in [-0.2, -0.15) is 30.9 Å². The molecule has 12 heterocycles. The second-order valence-electron chi connectivity index (χ2n) is 33.1. The molecular weight excluding hydrogens is 1940 g/mol. The van der Waals surface area contributed by atoms with Crippen LogP contribution < -0.4 is 31.2 Å². The molecule has 4 atom stereocenters. The van der Waals surface area contributed by atoms with Gasteiger partial charge >= 0.3 is 0 Å². The minimum Gasteiger partial charge on any atom is -0.503 e. The Morgan fingerprint density at radius 2 is 0.529 bits per heavy atom. The Hall–Kier alpha value is -16.9. The molecule has 0 unspecified atom stereocenters. The van der Waals surface area contributed by atoms with Gasteiger partial charge in [0, 0.05) is 49.9 Å². The van der Waals surface area contributed by atoms with Gasteiger partial charge in [-0.25, -0.2) is 55.1 Å². The van der Waals surface area contributed by atoms with Crippen molar-refractivity contribution in [2.45, 2.75) is 87.2 Å². The van der Waals surface area contributed by atoms with Crippen LogP contribution in [0.15, 0.2) is 333 Å². The lowest BCUT2D eigenvalue weighted by atomic mass is 9.84. The number of fused-ring (bicyclic) bond motifs is 12. The van der Waals surface area contributed by atoms with Gasteiger partial charge in [-0.15, -0.1) is 0 Å². The van der Waals surface area contributed by atoms with Crippen LogP contribution in [-0.4, -0.2) is 87.5 Å². The van der Waals surface area contributed by atoms with Gasteiger partial charge in [0.2, 0.25) is 21.7 Å². The first-order valence-corrected chi connectivity index (χ1v) is 45.1. The van der Waals surface area contributed by atoms with Gasteiger partial charge < -0.3 is 38.0 Å². The van der Waals surface area contributed by atoms with Crippen molar-refractivity contribution in [1.29, 1.82) is 10.5 Å². The van der Waals surface area contributed by atoms with Crippen LogP contribution in [0, 0.1) is 69.2 Å². The minimum atomic E-state index is -0.676. The Kier molecular flexibility index (Phi) is 26.0. The SMILES string of the molecule is N#Cc1cnc2n1C[C@H](C(c1ccc(F)cc1)c1ccc(F)cc1)n1ncc(=O)c(O)c1-2.N#Cc1cnc2n1C[C@H](C(c1ccc(F)cc1)c1ccc(F)cc1)n1ncc(=O)c(OCc3ccccc3)c1-2.O=c1cnn2c(c1O)-c1ncc(Br)n1C[C@@H]2C(c1ccc(F)cc1)c1ccc(F)cc1.O=c1cnn2c(c1OCc1ccccc1)-c1ncc(Br)n1C[C@@H]2C(c1ccc(F)cc1)c1ccc(F)cc1. The Labute approximate surface area is 806 Å². The van der Waals surface area contributed by atoms with Crippen molar-refractivity contribution in [1.82, 2.24) is 77.3 Å². The van der Waals surface area contributed by atoms with Gasteiger partial charge in [0.05, 0.1) is 73.7 Å². The standard InChI is InChI=1S/C30H21F2N5O2.C29H21BrF2N4O2.C23H15F2N5O2.C22H15BrF2N4O2/c31-22-10-6-20(7-11-22)27(21-8-12-23(32)13-9-21)25-17-36-24(14-33)15-34-30(36)28-29(26(38)16-35-37(25)28)39-18-19-4-2-1-3-5-19;30-25-15-33-29-27-28(38-17-18-4-2-1-3-5-18)24(37)14-34-36(27)23(16-35(25)29)26(19-6-10-21(31)11-7-19)20-8-12-22(32)13-9-20;24-15-5-1-13(2-6-15)20(14-3-7-16(25)8-4-14)18-12-29-17(9-26)10-27-23(29)21-22(32)19(31)11-28-30(18)21;23-18-10-26-22-20-21(31)17(30)9-27-29(20)16(11-28(18)22)19(12-1-5-14(24)6-2-12)13-3-7-15(25)8-4-13/h1-13,15-16,25,27H,17-18H2;1-15,23,26H,16-17H2;1-8,10-11,18,20,32H,12H2;1-10,16,19,31H,11H2/t25-;23-;18-;16-/m1111/s1. The average Bonchev–Trinajstić information content (AvgIpc) is 1.45. The third kappa shape index (κ3) is 18.3. The molecule has 26 nitrogen and oxygen atoms in total. The lowest BCUT2D eigenvalue weighted by Gasteiger charge is -2.35. The van der Waals surface area contributed by atoms with Crippen molar-refractivity contribution in [3.8, 4) is 81.2 Å². The van der Waals surface area contributed by atoms with Gasteiger partial charge in [0.15, 0.2) is 46.3 Å². The maximum atomic E-state index is 13.9. The maximum absolute atomic E-state index is 13.9. The van der Waals surface area contributed by atoms with Gasteiger partial charge in [-0.1, -0.05) is 158 Å². The fourth-order valence-corrected chi connectivity index (χ4v) is 19.3. The number of aromatic hydroxyl groups is 2. The number of nitrogens with zero attached hydrogens (tertiary/aromatic N) is 18. The molecule has 0 saturated carbocycles. The predicted molar refractivity (Wildman–Crippen MR) is 503 cm³/mol. The average molecular weight is 2010 g/mol. The summed E-state index contributed by atoms with van der Waals surface area (Å²) in [5.41, 5.74) is 7.50. The van der Waals surface area contributed by atoms with Crippen molar-refractivity contribution in [2.24, 2.45) is 0 Å². The number of aromatic nitrogens is 16. The molecule has 0 radical (unpaired) electrons. The van der Waals surface area contributed by atoms with Gasteiger partial charge in [0.25, 0.3) is 0 Å². The third-order valence-electron chi connectivity index (χ3n) is 24.9. The molecule has 36 heteroatoms. The Morgan fingerprint density at radius 1 is 0.307 bits per heavy atom. The van der Waals surface area contributed by atoms with Crippen molar-refractivity contribution in [2.75, 3.05) is 0 Å². The number of imidazole rings is 4. The van der Waals surface area contributed by atoms with Gasteiger partial charge in [-0.05, 0) is 185 Å². The van der Waals surface area contributed by atoms with Crippen LogP contribution >= 0.6 is 31.9 Å². The van der Waals surface area contributed by atoms with E-state index in [-0.39, 0.29) is 119 Å². The van der Waals surface area contributed by atoms with Crippen LogP contribution in [0.4, 0.5) is 35.1 Å². The highest BCUT2D eigenvalue weighted by Crippen LogP contribution is 2.50. The molecule has 0 aliphatic carbocycles. The molecule has 696 valence electrons. The van der Waals surface area contributed by atoms with Crippen LogP contribution in [0.5, 0.6) is 23.0 Å². The van der Waals surface area contributed by atoms with E-state index in [9.17, 15) is 75.0 Å². The normalized spacial score (nSPS) is 14.4. The summed E-state index contributed by atoms with van der Waals surface area (Å²) < 4.78 is 137. The van der Waals surface area contributed by atoms with Crippen LogP contribution in [0.3, 0.4) is 0 Å². The summed E-state index contributed by atoms with van der Waals surface area (Å²) in [6, 6.07) is 70.0. The van der Waals surface area contributed by atoms with Gasteiger partial charge in [0.1, 0.15) is 115 Å². The monoisotopic (exact) mass is 2010 g/mol. The molecule has 10 aromatic carbocycles. The maximum Gasteiger partial charge on any atom is 0.242 e. The fourth-order valence-electron chi connectivity index (χ4n) is 18.5. The minimum absolute atomic E-state index is 0.0619. The highest BCUT2D eigenvalue weighted by atomic mass is 79.9. The number of benzene rings is 10. The molecule has 22 rings (SSSR count). The summed E-state index contributed by atoms with van der Waals surface area (Å²) in [6.45, 7) is 1.69. The van der Waals surface area contributed by atoms with Crippen molar-refractivity contribution in [3.63, 3.8) is 0 Å². The molecule has 4 aliphatic heterocycles. The number of hydrogen-bond acceptors (Lipinski definition) is 18. The van der Waals surface area contributed by atoms with Crippen LogP contribution in [0.2, 0.25) is 0 Å². The first-order valence-electron chi connectivity index (χ1n) is 43.5. The second kappa shape index (κ2) is 39.5. The van der Waals surface area contributed by atoms with Crippen LogP contribution in [-0.2, 0) is 39.4 Å². The first kappa shape index (κ1) is 92.2. The molecule has 4 aliphatic rings. The van der Waals surface area contributed by atoms with Gasteiger partial charge in [-0.3, -0.25) is 37.9 Å². The largest absolute Gasteiger partial charge is 0.503 e. The smallest absolute Gasteiger partial charge is 0.242 e. The molecular formula is C104H72Br2F8N18O8. The molecule has 8 aromatic heterocycles. The van der Waals surface area contributed by atoms with E-state index in [0.29, 0.717) is 52.2 Å². The molecule has 2 N–H and O–H groups in total. The summed E-state index contributed by atoms with van der Waals surface area (Å²) in [5.74, 6) is -3.86. The molecule has 0 saturated heterocycles. The summed E-state index contributed by atoms with van der Waals surface area (Å²) in [4.78, 5) is 68.0. The number of nitriles is 2. The zero-order chi connectivity index (χ0) is 97.3. The fraction of sp³-hybridized carbons (Fsp3) is 0.135. The molecule has 0 spiro atoms. The topological polar surface area (TPSA) is 317 Å². The number of ether oxygens (including phenoxy) is 2. The third-order valence-corrected chi connectivity index (χ3v) is 26.1. The predicted octanol–water partition coefficient (Wildman–Crippen LogP) is 18.9. The first-order chi connectivity index (χ1) is 67.9. The molecule has 0 amide bonds. The van der Waals surface area contributed by atoms with E-state index in [0.717, 1.165) is 72.6 Å².